The first-order valence-corrected chi connectivity index (χ1v) is 7.85. The molecule has 3 rings (SSSR count). The molecule has 0 aliphatic rings. The topological polar surface area (TPSA) is 97.8 Å². The number of nitrogens with two attached hydrogens (primary N) is 2. The molecule has 0 bridgehead atoms. The minimum atomic E-state index is -0.233. The number of hydrogen-bond acceptors (Lipinski definition) is 5. The van der Waals surface area contributed by atoms with E-state index in [0.29, 0.717) is 23.2 Å². The van der Waals surface area contributed by atoms with Gasteiger partial charge in [-0.15, -0.1) is 11.8 Å². The average molecular weight is 312 g/mol. The summed E-state index contributed by atoms with van der Waals surface area (Å²) >= 11 is 1.69. The number of thioether (sulfide) groups is 1. The van der Waals surface area contributed by atoms with Gasteiger partial charge in [0.15, 0.2) is 0 Å². The Labute approximate surface area is 131 Å². The number of aromatic amines is 1. The van der Waals surface area contributed by atoms with Crippen LogP contribution in [-0.2, 0) is 12.3 Å². The van der Waals surface area contributed by atoms with Crippen LogP contribution in [0.25, 0.3) is 10.9 Å². The van der Waals surface area contributed by atoms with Gasteiger partial charge in [-0.05, 0) is 29.3 Å². The first kappa shape index (κ1) is 14.6. The molecule has 1 aromatic heterocycles. The first-order valence-electron chi connectivity index (χ1n) is 6.86. The molecule has 2 aromatic carbocycles. The number of rotatable bonds is 4. The quantitative estimate of drug-likeness (QED) is 0.642. The molecular weight excluding hydrogens is 296 g/mol. The van der Waals surface area contributed by atoms with Crippen LogP contribution in [0.5, 0.6) is 0 Å². The molecule has 22 heavy (non-hydrogen) atoms. The summed E-state index contributed by atoms with van der Waals surface area (Å²) in [7, 11) is 0. The summed E-state index contributed by atoms with van der Waals surface area (Å²) in [5, 5.41) is 0.529. The second-order valence-corrected chi connectivity index (χ2v) is 5.96. The first-order chi connectivity index (χ1) is 10.7. The third-order valence-corrected chi connectivity index (χ3v) is 4.40. The fourth-order valence-corrected chi connectivity index (χ4v) is 3.20. The second-order valence-electron chi connectivity index (χ2n) is 4.91. The maximum Gasteiger partial charge on any atom is 0.260 e. The monoisotopic (exact) mass is 312 g/mol. The van der Waals surface area contributed by atoms with Gasteiger partial charge in [0.05, 0.1) is 10.9 Å². The van der Waals surface area contributed by atoms with Gasteiger partial charge in [0, 0.05) is 17.2 Å². The maximum atomic E-state index is 12.1. The Morgan fingerprint density at radius 3 is 2.68 bits per heavy atom. The lowest BCUT2D eigenvalue weighted by Gasteiger charge is -2.09. The van der Waals surface area contributed by atoms with Gasteiger partial charge in [0.1, 0.15) is 0 Å². The summed E-state index contributed by atoms with van der Waals surface area (Å²) in [5.74, 6) is 0.827. The molecule has 112 valence electrons. The van der Waals surface area contributed by atoms with Crippen molar-refractivity contribution < 1.29 is 0 Å². The lowest BCUT2D eigenvalue weighted by atomic mass is 10.1. The van der Waals surface area contributed by atoms with E-state index in [9.17, 15) is 4.79 Å². The van der Waals surface area contributed by atoms with E-state index in [1.54, 1.807) is 17.8 Å². The normalized spacial score (nSPS) is 11.0. The summed E-state index contributed by atoms with van der Waals surface area (Å²) in [4.78, 5) is 20.1. The van der Waals surface area contributed by atoms with Crippen LogP contribution in [0, 0.1) is 0 Å². The van der Waals surface area contributed by atoms with Crippen molar-refractivity contribution >= 4 is 28.6 Å². The highest BCUT2D eigenvalue weighted by Crippen LogP contribution is 2.26. The second kappa shape index (κ2) is 6.21. The third-order valence-electron chi connectivity index (χ3n) is 3.34. The predicted octanol–water partition coefficient (Wildman–Crippen LogP) is 2.26. The average Bonchev–Trinajstić information content (AvgIpc) is 2.53. The molecule has 0 spiro atoms. The summed E-state index contributed by atoms with van der Waals surface area (Å²) in [6.45, 7) is 0.378. The Balaban J connectivity index is 2.05. The van der Waals surface area contributed by atoms with Crippen molar-refractivity contribution in [2.24, 2.45) is 5.73 Å². The van der Waals surface area contributed by atoms with Crippen LogP contribution >= 0.6 is 11.8 Å². The van der Waals surface area contributed by atoms with Gasteiger partial charge in [0.25, 0.3) is 5.56 Å². The fraction of sp³-hybridized carbons (Fsp3) is 0.125. The van der Waals surface area contributed by atoms with Crippen LogP contribution in [0.1, 0.15) is 11.1 Å². The summed E-state index contributed by atoms with van der Waals surface area (Å²) in [6, 6.07) is 13.8. The summed E-state index contributed by atoms with van der Waals surface area (Å²) in [6.07, 6.45) is 0. The fourth-order valence-electron chi connectivity index (χ4n) is 2.30. The molecule has 0 saturated heterocycles. The summed E-state index contributed by atoms with van der Waals surface area (Å²) < 4.78 is 0. The van der Waals surface area contributed by atoms with Gasteiger partial charge in [-0.3, -0.25) is 9.78 Å². The molecule has 1 heterocycles. The van der Waals surface area contributed by atoms with Crippen molar-refractivity contribution in [3.05, 3.63) is 63.9 Å². The van der Waals surface area contributed by atoms with Crippen LogP contribution in [0.15, 0.2) is 52.2 Å². The van der Waals surface area contributed by atoms with Crippen molar-refractivity contribution in [2.75, 3.05) is 5.73 Å². The van der Waals surface area contributed by atoms with E-state index in [0.717, 1.165) is 16.0 Å². The number of hydrogen-bond donors (Lipinski definition) is 3. The lowest BCUT2D eigenvalue weighted by Crippen LogP contribution is -2.13. The number of anilines is 1. The molecule has 0 aliphatic heterocycles. The smallest absolute Gasteiger partial charge is 0.260 e. The van der Waals surface area contributed by atoms with Crippen molar-refractivity contribution in [3.8, 4) is 0 Å². The molecule has 0 radical (unpaired) electrons. The zero-order valence-electron chi connectivity index (χ0n) is 11.9. The van der Waals surface area contributed by atoms with Crippen LogP contribution in [0.3, 0.4) is 0 Å². The predicted molar refractivity (Wildman–Crippen MR) is 90.7 cm³/mol. The highest BCUT2D eigenvalue weighted by molar-refractivity contribution is 7.98. The molecule has 0 aliphatic carbocycles. The zero-order chi connectivity index (χ0) is 15.5. The highest BCUT2D eigenvalue weighted by atomic mass is 32.2. The molecule has 0 atom stereocenters. The zero-order valence-corrected chi connectivity index (χ0v) is 12.7. The van der Waals surface area contributed by atoms with Crippen molar-refractivity contribution in [1.82, 2.24) is 9.97 Å². The Kier molecular flexibility index (Phi) is 4.13. The number of nitrogens with zero attached hydrogens (tertiary/aromatic N) is 1. The Morgan fingerprint density at radius 2 is 1.95 bits per heavy atom. The highest BCUT2D eigenvalue weighted by Gasteiger charge is 2.10. The number of nitrogen functional groups attached to an aromatic ring is 1. The molecule has 0 unspecified atom stereocenters. The molecule has 0 saturated carbocycles. The Hall–Kier alpha value is -2.31. The minimum absolute atomic E-state index is 0.129. The number of H-pyrrole nitrogens is 1. The number of nitrogens with one attached hydrogen (secondary N) is 1. The largest absolute Gasteiger partial charge is 0.369 e. The molecular formula is C16H16N4OS. The van der Waals surface area contributed by atoms with E-state index in [1.165, 1.54) is 0 Å². The lowest BCUT2D eigenvalue weighted by molar-refractivity contribution is 1.06. The standard InChI is InChI=1S/C16H16N4OS/c17-8-10-6-11(9-22-12-4-2-1-3-5-12)14-13(7-10)15(21)20-16(18)19-14/h1-7H,8-9,17H2,(H3,18,19,20,21). The Bertz CT molecular complexity index is 861. The van der Waals surface area contributed by atoms with Gasteiger partial charge in [0.2, 0.25) is 5.95 Å². The number of aromatic nitrogens is 2. The van der Waals surface area contributed by atoms with Crippen molar-refractivity contribution in [2.45, 2.75) is 17.2 Å². The molecule has 5 nitrogen and oxygen atoms in total. The third kappa shape index (κ3) is 2.98. The number of fused-ring (bicyclic) bond motifs is 1. The van der Waals surface area contributed by atoms with Gasteiger partial charge in [-0.2, -0.15) is 0 Å². The van der Waals surface area contributed by atoms with Gasteiger partial charge in [-0.1, -0.05) is 24.3 Å². The van der Waals surface area contributed by atoms with E-state index in [4.69, 9.17) is 11.5 Å². The SMILES string of the molecule is NCc1cc(CSc2ccccc2)c2nc(N)[nH]c(=O)c2c1. The van der Waals surface area contributed by atoms with E-state index in [-0.39, 0.29) is 11.5 Å². The van der Waals surface area contributed by atoms with Crippen LogP contribution in [0.4, 0.5) is 5.95 Å². The minimum Gasteiger partial charge on any atom is -0.369 e. The van der Waals surface area contributed by atoms with E-state index < -0.39 is 0 Å². The molecule has 3 aromatic rings. The maximum absolute atomic E-state index is 12.1. The van der Waals surface area contributed by atoms with Gasteiger partial charge < -0.3 is 11.5 Å². The number of benzene rings is 2. The van der Waals surface area contributed by atoms with Crippen molar-refractivity contribution in [3.63, 3.8) is 0 Å². The Morgan fingerprint density at radius 1 is 1.18 bits per heavy atom. The molecule has 5 N–H and O–H groups in total. The van der Waals surface area contributed by atoms with E-state index in [2.05, 4.69) is 9.97 Å². The molecule has 0 amide bonds. The van der Waals surface area contributed by atoms with Gasteiger partial charge >= 0.3 is 0 Å². The van der Waals surface area contributed by atoms with Crippen molar-refractivity contribution in [1.29, 1.82) is 0 Å². The van der Waals surface area contributed by atoms with Crippen LogP contribution in [-0.4, -0.2) is 9.97 Å². The molecule has 0 fully saturated rings. The van der Waals surface area contributed by atoms with Crippen LogP contribution < -0.4 is 17.0 Å². The molecule has 6 heteroatoms. The van der Waals surface area contributed by atoms with Gasteiger partial charge in [-0.25, -0.2) is 4.98 Å². The van der Waals surface area contributed by atoms with E-state index >= 15 is 0 Å². The summed E-state index contributed by atoms with van der Waals surface area (Å²) in [5.41, 5.74) is 13.7. The van der Waals surface area contributed by atoms with E-state index in [1.807, 2.05) is 36.4 Å². The van der Waals surface area contributed by atoms with Crippen LogP contribution in [0.2, 0.25) is 0 Å².